The van der Waals surface area contributed by atoms with Crippen LogP contribution in [0, 0.1) is 16.7 Å². The summed E-state index contributed by atoms with van der Waals surface area (Å²) in [6.07, 6.45) is 0. The van der Waals surface area contributed by atoms with Crippen LogP contribution in [0.5, 0.6) is 0 Å². The number of hydrogen-bond donors (Lipinski definition) is 1. The Morgan fingerprint density at radius 2 is 2.29 bits per heavy atom. The number of nitrogens with zero attached hydrogens (tertiary/aromatic N) is 1. The molecule has 0 bridgehead atoms. The van der Waals surface area contributed by atoms with E-state index in [1.807, 2.05) is 6.92 Å². The summed E-state index contributed by atoms with van der Waals surface area (Å²) in [4.78, 5) is 0. The minimum Gasteiger partial charge on any atom is -0.258 e. The van der Waals surface area contributed by atoms with Crippen LogP contribution in [0.25, 0.3) is 10.6 Å². The third-order valence-corrected chi connectivity index (χ3v) is 2.99. The normalized spacial score (nSPS) is 10.4. The fourth-order valence-electron chi connectivity index (χ4n) is 1.17. The van der Waals surface area contributed by atoms with Crippen molar-refractivity contribution in [1.82, 2.24) is 10.2 Å². The second-order valence-electron chi connectivity index (χ2n) is 2.88. The molecule has 2 nitrogen and oxygen atoms in total. The minimum absolute atomic E-state index is 0.258. The Bertz CT molecular complexity index is 516. The molecule has 2 rings (SSSR count). The molecule has 0 aliphatic carbocycles. The zero-order chi connectivity index (χ0) is 10.1. The summed E-state index contributed by atoms with van der Waals surface area (Å²) in [5.74, 6) is -0.258. The Labute approximate surface area is 89.4 Å². The second kappa shape index (κ2) is 3.59. The maximum absolute atomic E-state index is 13.0. The summed E-state index contributed by atoms with van der Waals surface area (Å²) in [5, 5.41) is 7.41. The molecule has 0 spiro atoms. The van der Waals surface area contributed by atoms with E-state index in [0.717, 1.165) is 16.1 Å². The van der Waals surface area contributed by atoms with Crippen molar-refractivity contribution in [1.29, 1.82) is 0 Å². The van der Waals surface area contributed by atoms with Gasteiger partial charge in [-0.25, -0.2) is 4.39 Å². The monoisotopic (exact) mass is 226 g/mol. The predicted molar refractivity (Wildman–Crippen MR) is 57.4 cm³/mol. The maximum atomic E-state index is 13.0. The first kappa shape index (κ1) is 9.48. The second-order valence-corrected chi connectivity index (χ2v) is 4.54. The summed E-state index contributed by atoms with van der Waals surface area (Å²) in [5.41, 5.74) is 1.78. The van der Waals surface area contributed by atoms with Crippen LogP contribution in [0.1, 0.15) is 5.56 Å². The summed E-state index contributed by atoms with van der Waals surface area (Å²) in [6, 6.07) is 4.64. The molecule has 0 aliphatic heterocycles. The number of nitrogens with one attached hydrogen (secondary N) is 1. The Hall–Kier alpha value is -1.07. The van der Waals surface area contributed by atoms with Crippen molar-refractivity contribution in [2.45, 2.75) is 6.92 Å². The van der Waals surface area contributed by atoms with Crippen molar-refractivity contribution in [2.24, 2.45) is 0 Å². The molecule has 0 radical (unpaired) electrons. The van der Waals surface area contributed by atoms with E-state index in [1.54, 1.807) is 6.07 Å². The highest BCUT2D eigenvalue weighted by Gasteiger charge is 2.06. The lowest BCUT2D eigenvalue weighted by molar-refractivity contribution is 0.628. The van der Waals surface area contributed by atoms with Gasteiger partial charge in [0.25, 0.3) is 0 Å². The van der Waals surface area contributed by atoms with Gasteiger partial charge in [0.1, 0.15) is 10.8 Å². The molecule has 0 saturated heterocycles. The lowest BCUT2D eigenvalue weighted by Crippen LogP contribution is -1.84. The van der Waals surface area contributed by atoms with Crippen molar-refractivity contribution in [2.75, 3.05) is 0 Å². The van der Waals surface area contributed by atoms with E-state index in [1.165, 1.54) is 23.5 Å². The van der Waals surface area contributed by atoms with Crippen LogP contribution in [0.3, 0.4) is 0 Å². The molecule has 1 heterocycles. The van der Waals surface area contributed by atoms with Crippen LogP contribution in [0.15, 0.2) is 18.2 Å². The van der Waals surface area contributed by atoms with Crippen LogP contribution in [-0.2, 0) is 0 Å². The Kier molecular flexibility index (Phi) is 2.43. The van der Waals surface area contributed by atoms with Crippen molar-refractivity contribution in [3.05, 3.63) is 33.5 Å². The number of H-pyrrole nitrogens is 1. The fraction of sp³-hybridized carbons (Fsp3) is 0.111. The van der Waals surface area contributed by atoms with Gasteiger partial charge in [0.15, 0.2) is 3.95 Å². The first-order valence-corrected chi connectivity index (χ1v) is 5.21. The molecule has 0 saturated carbocycles. The number of halogens is 1. The largest absolute Gasteiger partial charge is 0.258 e. The molecule has 2 aromatic rings. The van der Waals surface area contributed by atoms with Gasteiger partial charge in [0.05, 0.1) is 0 Å². The molecule has 14 heavy (non-hydrogen) atoms. The summed E-state index contributed by atoms with van der Waals surface area (Å²) in [7, 11) is 0. The fourth-order valence-corrected chi connectivity index (χ4v) is 2.14. The zero-order valence-electron chi connectivity index (χ0n) is 7.37. The third kappa shape index (κ3) is 1.73. The summed E-state index contributed by atoms with van der Waals surface area (Å²) >= 11 is 6.26. The number of hydrogen-bond acceptors (Lipinski definition) is 3. The standard InChI is InChI=1S/C9H7FN2S2/c1-5-2-3-6(10)4-7(5)8-11-12-9(13)14-8/h2-4H,1H3,(H,12,13). The van der Waals surface area contributed by atoms with Gasteiger partial charge in [-0.2, -0.15) is 5.10 Å². The lowest BCUT2D eigenvalue weighted by atomic mass is 10.1. The number of aromatic nitrogens is 2. The van der Waals surface area contributed by atoms with E-state index in [0.29, 0.717) is 3.95 Å². The van der Waals surface area contributed by atoms with Crippen molar-refractivity contribution in [3.8, 4) is 10.6 Å². The number of benzene rings is 1. The Morgan fingerprint density at radius 3 is 2.93 bits per heavy atom. The molecule has 0 aliphatic rings. The molecule has 1 aromatic carbocycles. The van der Waals surface area contributed by atoms with Gasteiger partial charge in [-0.15, -0.1) is 0 Å². The number of rotatable bonds is 1. The molecule has 0 atom stereocenters. The van der Waals surface area contributed by atoms with E-state index in [9.17, 15) is 4.39 Å². The molecule has 0 amide bonds. The van der Waals surface area contributed by atoms with E-state index < -0.39 is 0 Å². The smallest absolute Gasteiger partial charge is 0.176 e. The average molecular weight is 226 g/mol. The molecular weight excluding hydrogens is 219 g/mol. The predicted octanol–water partition coefficient (Wildman–Crippen LogP) is 3.32. The van der Waals surface area contributed by atoms with Crippen LogP contribution < -0.4 is 0 Å². The highest BCUT2D eigenvalue weighted by molar-refractivity contribution is 7.73. The zero-order valence-corrected chi connectivity index (χ0v) is 9.01. The number of aryl methyl sites for hydroxylation is 1. The highest BCUT2D eigenvalue weighted by Crippen LogP contribution is 2.25. The van der Waals surface area contributed by atoms with Crippen molar-refractivity contribution in [3.63, 3.8) is 0 Å². The van der Waals surface area contributed by atoms with E-state index in [4.69, 9.17) is 12.2 Å². The van der Waals surface area contributed by atoms with Crippen LogP contribution in [0.2, 0.25) is 0 Å². The molecule has 1 N–H and O–H groups in total. The van der Waals surface area contributed by atoms with Crippen LogP contribution in [0.4, 0.5) is 4.39 Å². The van der Waals surface area contributed by atoms with Gasteiger partial charge in [-0.1, -0.05) is 17.4 Å². The van der Waals surface area contributed by atoms with Crippen molar-refractivity contribution < 1.29 is 4.39 Å². The maximum Gasteiger partial charge on any atom is 0.176 e. The van der Waals surface area contributed by atoms with Gasteiger partial charge in [0, 0.05) is 5.56 Å². The SMILES string of the molecule is Cc1ccc(F)cc1-c1n[nH]c(=S)s1. The highest BCUT2D eigenvalue weighted by atomic mass is 32.1. The summed E-state index contributed by atoms with van der Waals surface area (Å²) < 4.78 is 13.6. The van der Waals surface area contributed by atoms with Gasteiger partial charge < -0.3 is 0 Å². The topological polar surface area (TPSA) is 28.7 Å². The first-order valence-electron chi connectivity index (χ1n) is 3.99. The molecule has 72 valence electrons. The van der Waals surface area contributed by atoms with E-state index in [-0.39, 0.29) is 5.82 Å². The molecular formula is C9H7FN2S2. The van der Waals surface area contributed by atoms with Gasteiger partial charge >= 0.3 is 0 Å². The third-order valence-electron chi connectivity index (χ3n) is 1.87. The molecule has 1 aromatic heterocycles. The number of aromatic amines is 1. The van der Waals surface area contributed by atoms with Crippen LogP contribution >= 0.6 is 23.6 Å². The van der Waals surface area contributed by atoms with Gasteiger partial charge in [-0.05, 0) is 36.8 Å². The molecule has 0 fully saturated rings. The first-order chi connectivity index (χ1) is 6.66. The minimum atomic E-state index is -0.258. The molecule has 5 heteroatoms. The quantitative estimate of drug-likeness (QED) is 0.756. The summed E-state index contributed by atoms with van der Waals surface area (Å²) in [6.45, 7) is 1.92. The van der Waals surface area contributed by atoms with Gasteiger partial charge in [0.2, 0.25) is 0 Å². The lowest BCUT2D eigenvalue weighted by Gasteiger charge is -2.00. The van der Waals surface area contributed by atoms with Crippen LogP contribution in [-0.4, -0.2) is 10.2 Å². The Morgan fingerprint density at radius 1 is 1.50 bits per heavy atom. The van der Waals surface area contributed by atoms with E-state index >= 15 is 0 Å². The van der Waals surface area contributed by atoms with E-state index in [2.05, 4.69) is 10.2 Å². The average Bonchev–Trinajstić information content (AvgIpc) is 2.56. The Balaban J connectivity index is 2.61. The van der Waals surface area contributed by atoms with Crippen molar-refractivity contribution >= 4 is 23.6 Å². The molecule has 0 unspecified atom stereocenters. The van der Waals surface area contributed by atoms with Gasteiger partial charge in [-0.3, -0.25) is 5.10 Å².